The number of nitrogens with two attached hydrogens (primary N) is 1. The van der Waals surface area contributed by atoms with Crippen LogP contribution >= 0.6 is 23.5 Å². The van der Waals surface area contributed by atoms with E-state index in [1.54, 1.807) is 0 Å². The summed E-state index contributed by atoms with van der Waals surface area (Å²) in [6.07, 6.45) is -5.33. The fraction of sp³-hybridized carbons (Fsp3) is 0.438. The molecular formula is C16H17N8O20P3. The number of fused-ring (bicyclic) bond motifs is 2. The number of aromatic nitrogens is 4. The fourth-order valence-corrected chi connectivity index (χ4v) is 7.86. The van der Waals surface area contributed by atoms with E-state index < -0.39 is 104 Å². The van der Waals surface area contributed by atoms with E-state index in [1.807, 2.05) is 0 Å². The first-order chi connectivity index (χ1) is 21.6. The summed E-state index contributed by atoms with van der Waals surface area (Å²) < 4.78 is 65.0. The summed E-state index contributed by atoms with van der Waals surface area (Å²) in [5, 5.41) is 35.6. The summed E-state index contributed by atoms with van der Waals surface area (Å²) in [5.41, 5.74) is 1.74. The van der Waals surface area contributed by atoms with Crippen molar-refractivity contribution in [3.8, 4) is 0 Å². The Morgan fingerprint density at radius 3 is 2.30 bits per heavy atom. The Morgan fingerprint density at radius 1 is 1.04 bits per heavy atom. The van der Waals surface area contributed by atoms with E-state index in [9.17, 15) is 58.6 Å². The molecule has 28 nitrogen and oxygen atoms in total. The molecule has 5 rings (SSSR count). The average molecular weight is 734 g/mol. The van der Waals surface area contributed by atoms with Crippen molar-refractivity contribution in [1.29, 1.82) is 0 Å². The van der Waals surface area contributed by atoms with E-state index in [0.717, 1.165) is 10.9 Å². The molecule has 47 heavy (non-hydrogen) atoms. The number of nitrogens with zero attached hydrogens (tertiary/aromatic N) is 6. The minimum atomic E-state index is -5.97. The van der Waals surface area contributed by atoms with Crippen LogP contribution in [0.2, 0.25) is 0 Å². The lowest BCUT2D eigenvalue weighted by molar-refractivity contribution is -0.569. The molecule has 256 valence electrons. The number of imidazole rings is 1. The van der Waals surface area contributed by atoms with E-state index in [2.05, 4.69) is 28.1 Å². The monoisotopic (exact) mass is 734 g/mol. The summed E-state index contributed by atoms with van der Waals surface area (Å²) >= 11 is 0. The Kier molecular flexibility index (Phi) is 8.55. The highest BCUT2D eigenvalue weighted by Gasteiger charge is 2.72. The van der Waals surface area contributed by atoms with Gasteiger partial charge < -0.3 is 39.5 Å². The number of hydrogen-bond donors (Lipinski definition) is 6. The van der Waals surface area contributed by atoms with Crippen LogP contribution in [-0.2, 0) is 41.1 Å². The minimum absolute atomic E-state index is 0.303. The molecule has 2 saturated heterocycles. The molecule has 4 heterocycles. The number of H-pyrrole nitrogens is 1. The summed E-state index contributed by atoms with van der Waals surface area (Å²) in [7, 11) is -17.5. The third kappa shape index (κ3) is 6.63. The maximum Gasteiger partial charge on any atom is 0.490 e. The molecule has 1 aliphatic carbocycles. The molecule has 0 radical (unpaired) electrons. The predicted octanol–water partition coefficient (Wildman–Crippen LogP) is -1.60. The molecule has 0 bridgehead atoms. The number of allylic oxidation sites excluding steroid dienone is 1. The van der Waals surface area contributed by atoms with Gasteiger partial charge in [0.25, 0.3) is 11.3 Å². The maximum absolute atomic E-state index is 12.4. The number of ether oxygens (including phenoxy) is 3. The summed E-state index contributed by atoms with van der Waals surface area (Å²) in [6.45, 7) is -1.25. The lowest BCUT2D eigenvalue weighted by Gasteiger charge is -2.30. The molecule has 7 N–H and O–H groups in total. The molecule has 2 aromatic heterocycles. The fourth-order valence-electron chi connectivity index (χ4n) is 4.83. The zero-order valence-electron chi connectivity index (χ0n) is 22.2. The van der Waals surface area contributed by atoms with Gasteiger partial charge in [-0.05, 0) is 0 Å². The predicted molar refractivity (Wildman–Crippen MR) is 140 cm³/mol. The van der Waals surface area contributed by atoms with E-state index in [1.165, 1.54) is 0 Å². The highest BCUT2D eigenvalue weighted by molar-refractivity contribution is 7.66. The molecule has 2 aromatic rings. The highest BCUT2D eigenvalue weighted by Crippen LogP contribution is 2.66. The minimum Gasteiger partial charge on any atom is -0.369 e. The topological polar surface area (TPSA) is 407 Å². The van der Waals surface area contributed by atoms with Crippen molar-refractivity contribution >= 4 is 40.6 Å². The Labute approximate surface area is 255 Å². The number of rotatable bonds is 11. The molecule has 8 unspecified atom stereocenters. The van der Waals surface area contributed by atoms with Gasteiger partial charge in [0.05, 0.1) is 34.9 Å². The first kappa shape index (κ1) is 34.5. The van der Waals surface area contributed by atoms with Crippen molar-refractivity contribution in [2.75, 3.05) is 12.3 Å². The summed E-state index contributed by atoms with van der Waals surface area (Å²) in [5.74, 6) is -3.46. The van der Waals surface area contributed by atoms with Gasteiger partial charge in [-0.3, -0.25) is 49.2 Å². The smallest absolute Gasteiger partial charge is 0.369 e. The van der Waals surface area contributed by atoms with Gasteiger partial charge in [-0.2, -0.15) is 13.6 Å². The van der Waals surface area contributed by atoms with Crippen molar-refractivity contribution in [2.45, 2.75) is 36.4 Å². The van der Waals surface area contributed by atoms with E-state index in [0.29, 0.717) is 12.2 Å². The molecule has 2 aliphatic heterocycles. The number of aromatic amines is 1. The second kappa shape index (κ2) is 11.7. The van der Waals surface area contributed by atoms with Crippen LogP contribution in [0.1, 0.15) is 6.23 Å². The van der Waals surface area contributed by atoms with Crippen LogP contribution in [0.3, 0.4) is 0 Å². The van der Waals surface area contributed by atoms with Gasteiger partial charge in [-0.1, -0.05) is 0 Å². The molecule has 3 aliphatic rings. The summed E-state index contributed by atoms with van der Waals surface area (Å²) in [6, 6.07) is -2.46. The number of phosphoric ester groups is 1. The van der Waals surface area contributed by atoms with Crippen molar-refractivity contribution in [3.05, 3.63) is 70.6 Å². The standard InChI is InChI=1S/C16H17N8O20P3/c17-15-19-12-9(13(25)20-15)18-4-21(12)14-11-10(6(40-14)3-39-46(35,36)44-47(37,38)43-45(32,33)34)41-16(42-11)7(23(28)29)1-5(22(26)27)2-8(16)24(30)31/h1-2,4,6-7,10-11,14H,3H2,(H,35,36)(H,37,38)(H2,32,33,34)(H3,17,19,20,25). The number of phosphoric acid groups is 3. The molecule has 0 amide bonds. The van der Waals surface area contributed by atoms with Gasteiger partial charge in [0.1, 0.15) is 18.3 Å². The van der Waals surface area contributed by atoms with Crippen LogP contribution in [0.25, 0.3) is 11.2 Å². The van der Waals surface area contributed by atoms with Crippen LogP contribution in [0.4, 0.5) is 5.95 Å². The van der Waals surface area contributed by atoms with Gasteiger partial charge in [0, 0.05) is 4.92 Å². The van der Waals surface area contributed by atoms with Crippen LogP contribution in [0.15, 0.2) is 34.7 Å². The largest absolute Gasteiger partial charge is 0.490 e. The molecule has 31 heteroatoms. The SMILES string of the molecule is Nc1nc2c(ncn2C2OC(COP(=O)(O)OP(=O)(O)OP(=O)(O)O)C3OC4(OC32)C([N+](=O)[O-])=CC([N+](=O)[O-])=CC4[N+](=O)[O-])c(=O)[nH]1. The third-order valence-electron chi connectivity index (χ3n) is 6.44. The first-order valence-corrected chi connectivity index (χ1v) is 16.5. The van der Waals surface area contributed by atoms with Crippen LogP contribution in [0.5, 0.6) is 0 Å². The van der Waals surface area contributed by atoms with E-state index in [-0.39, 0.29) is 11.2 Å². The van der Waals surface area contributed by atoms with Gasteiger partial charge in [0.15, 0.2) is 17.4 Å². The molecule has 1 spiro atoms. The Hall–Kier alpha value is -3.88. The lowest BCUT2D eigenvalue weighted by atomic mass is 9.96. The van der Waals surface area contributed by atoms with Crippen molar-refractivity contribution in [3.63, 3.8) is 0 Å². The van der Waals surface area contributed by atoms with Gasteiger partial charge in [-0.15, -0.1) is 0 Å². The molecular weight excluding hydrogens is 717 g/mol. The Balaban J connectivity index is 1.55. The lowest BCUT2D eigenvalue weighted by Crippen LogP contribution is -2.53. The molecule has 2 fully saturated rings. The second-order valence-corrected chi connectivity index (χ2v) is 13.8. The maximum atomic E-state index is 12.4. The normalized spacial score (nSPS) is 29.9. The van der Waals surface area contributed by atoms with Gasteiger partial charge in [0.2, 0.25) is 5.95 Å². The first-order valence-electron chi connectivity index (χ1n) is 12.0. The number of hydrogen-bond acceptors (Lipinski definition) is 19. The Morgan fingerprint density at radius 2 is 1.70 bits per heavy atom. The zero-order chi connectivity index (χ0) is 34.9. The Bertz CT molecular complexity index is 1950. The number of anilines is 1. The molecule has 0 aromatic carbocycles. The highest BCUT2D eigenvalue weighted by atomic mass is 31.3. The van der Waals surface area contributed by atoms with Crippen LogP contribution in [-0.4, -0.2) is 90.6 Å². The van der Waals surface area contributed by atoms with E-state index >= 15 is 0 Å². The molecule has 8 atom stereocenters. The summed E-state index contributed by atoms with van der Waals surface area (Å²) in [4.78, 5) is 91.0. The quantitative estimate of drug-likeness (QED) is 0.0860. The van der Waals surface area contributed by atoms with Gasteiger partial charge in [-0.25, -0.2) is 18.7 Å². The zero-order valence-corrected chi connectivity index (χ0v) is 24.9. The van der Waals surface area contributed by atoms with E-state index in [4.69, 9.17) is 29.7 Å². The number of nitro groups is 3. The van der Waals surface area contributed by atoms with Crippen molar-refractivity contribution in [2.24, 2.45) is 0 Å². The third-order valence-corrected chi connectivity index (χ3v) is 10.2. The van der Waals surface area contributed by atoms with Crippen LogP contribution in [0, 0.1) is 30.3 Å². The van der Waals surface area contributed by atoms with Crippen molar-refractivity contribution < 1.29 is 75.4 Å². The van der Waals surface area contributed by atoms with Gasteiger partial charge >= 0.3 is 41.0 Å². The second-order valence-electron chi connectivity index (χ2n) is 9.43. The number of nitrogen functional groups attached to an aromatic ring is 1. The van der Waals surface area contributed by atoms with Crippen LogP contribution < -0.4 is 11.3 Å². The molecule has 0 saturated carbocycles. The average Bonchev–Trinajstić information content (AvgIpc) is 3.57. The van der Waals surface area contributed by atoms with Crippen molar-refractivity contribution in [1.82, 2.24) is 19.5 Å². The number of nitrogens with one attached hydrogen (secondary N) is 1.